The lowest BCUT2D eigenvalue weighted by atomic mass is 10.0. The molecule has 0 aliphatic carbocycles. The molecule has 0 saturated heterocycles. The van der Waals surface area contributed by atoms with Crippen LogP contribution >= 0.6 is 0 Å². The third kappa shape index (κ3) is 4.56. The number of nitriles is 1. The number of rotatable bonds is 6. The predicted octanol–water partition coefficient (Wildman–Crippen LogP) is 4.51. The Balaban J connectivity index is 1.83. The molecule has 0 unspecified atom stereocenters. The van der Waals surface area contributed by atoms with Gasteiger partial charge in [-0.2, -0.15) is 5.26 Å². The molecule has 3 rings (SSSR count). The van der Waals surface area contributed by atoms with Crippen LogP contribution in [0.25, 0.3) is 17.4 Å². The van der Waals surface area contributed by atoms with Crippen molar-refractivity contribution >= 4 is 23.6 Å². The van der Waals surface area contributed by atoms with E-state index in [2.05, 4.69) is 5.32 Å². The van der Waals surface area contributed by atoms with Crippen molar-refractivity contribution < 1.29 is 23.8 Å². The molecule has 0 atom stereocenters. The number of aromatic carboxylic acids is 1. The fraction of sp³-hybridized carbons (Fsp3) is 0.0870. The fourth-order valence-corrected chi connectivity index (χ4v) is 2.76. The van der Waals surface area contributed by atoms with E-state index < -0.39 is 11.9 Å². The van der Waals surface area contributed by atoms with Gasteiger partial charge in [0.25, 0.3) is 5.91 Å². The molecule has 30 heavy (non-hydrogen) atoms. The summed E-state index contributed by atoms with van der Waals surface area (Å²) in [6.45, 7) is 1.84. The van der Waals surface area contributed by atoms with E-state index in [1.54, 1.807) is 49.6 Å². The number of hydrogen-bond donors (Lipinski definition) is 2. The van der Waals surface area contributed by atoms with Crippen molar-refractivity contribution in [2.24, 2.45) is 0 Å². The Hall–Kier alpha value is -4.31. The van der Waals surface area contributed by atoms with Crippen molar-refractivity contribution in [1.29, 1.82) is 5.26 Å². The topological polar surface area (TPSA) is 113 Å². The Morgan fingerprint density at radius 1 is 1.13 bits per heavy atom. The molecule has 2 aromatic carbocycles. The lowest BCUT2D eigenvalue weighted by molar-refractivity contribution is -0.112. The number of benzene rings is 2. The van der Waals surface area contributed by atoms with E-state index in [1.807, 2.05) is 13.0 Å². The molecule has 0 aliphatic heterocycles. The van der Waals surface area contributed by atoms with Crippen LogP contribution < -0.4 is 10.1 Å². The second-order valence-corrected chi connectivity index (χ2v) is 6.39. The highest BCUT2D eigenvalue weighted by atomic mass is 16.5. The molecular formula is C23H18N2O5. The van der Waals surface area contributed by atoms with Gasteiger partial charge in [-0.3, -0.25) is 4.79 Å². The molecule has 7 nitrogen and oxygen atoms in total. The van der Waals surface area contributed by atoms with Crippen LogP contribution in [0.5, 0.6) is 5.75 Å². The lowest BCUT2D eigenvalue weighted by Gasteiger charge is -2.05. The largest absolute Gasteiger partial charge is 0.497 e. The average molecular weight is 402 g/mol. The second kappa shape index (κ2) is 8.80. The van der Waals surface area contributed by atoms with Crippen LogP contribution in [-0.4, -0.2) is 24.1 Å². The van der Waals surface area contributed by atoms with Gasteiger partial charge in [-0.05, 0) is 61.0 Å². The monoisotopic (exact) mass is 402 g/mol. The van der Waals surface area contributed by atoms with E-state index in [0.717, 1.165) is 5.56 Å². The van der Waals surface area contributed by atoms with Crippen LogP contribution in [-0.2, 0) is 4.79 Å². The normalized spacial score (nSPS) is 10.9. The number of anilines is 1. The highest BCUT2D eigenvalue weighted by Crippen LogP contribution is 2.28. The summed E-state index contributed by atoms with van der Waals surface area (Å²) in [5, 5.41) is 21.2. The van der Waals surface area contributed by atoms with E-state index in [9.17, 15) is 20.0 Å². The average Bonchev–Trinajstić information content (AvgIpc) is 3.21. The summed E-state index contributed by atoms with van der Waals surface area (Å²) < 4.78 is 10.8. The Morgan fingerprint density at radius 2 is 1.87 bits per heavy atom. The smallest absolute Gasteiger partial charge is 0.335 e. The number of nitrogens with zero attached hydrogens (tertiary/aromatic N) is 1. The molecule has 0 aliphatic rings. The number of carbonyl (C=O) groups is 2. The fourth-order valence-electron chi connectivity index (χ4n) is 2.76. The van der Waals surface area contributed by atoms with E-state index in [4.69, 9.17) is 9.15 Å². The molecule has 0 fully saturated rings. The van der Waals surface area contributed by atoms with Gasteiger partial charge < -0.3 is 19.6 Å². The van der Waals surface area contributed by atoms with Crippen LogP contribution in [0.2, 0.25) is 0 Å². The van der Waals surface area contributed by atoms with E-state index in [0.29, 0.717) is 28.5 Å². The molecule has 1 aromatic heterocycles. The van der Waals surface area contributed by atoms with Gasteiger partial charge in [-0.15, -0.1) is 0 Å². The van der Waals surface area contributed by atoms with Gasteiger partial charge >= 0.3 is 5.97 Å². The number of carboxylic acid groups (broad SMARTS) is 1. The minimum absolute atomic E-state index is 0.136. The van der Waals surface area contributed by atoms with Gasteiger partial charge in [0.05, 0.1) is 12.7 Å². The first kappa shape index (κ1) is 20.4. The number of methoxy groups -OCH3 is 1. The number of aryl methyl sites for hydroxylation is 1. The van der Waals surface area contributed by atoms with Gasteiger partial charge in [0.2, 0.25) is 0 Å². The maximum absolute atomic E-state index is 12.4. The molecule has 1 amide bonds. The number of furan rings is 1. The van der Waals surface area contributed by atoms with Crippen LogP contribution in [0.1, 0.15) is 21.7 Å². The molecule has 7 heteroatoms. The molecule has 0 radical (unpaired) electrons. The lowest BCUT2D eigenvalue weighted by Crippen LogP contribution is -2.13. The zero-order chi connectivity index (χ0) is 21.7. The minimum atomic E-state index is -1.04. The number of carboxylic acids is 1. The Morgan fingerprint density at radius 3 is 2.50 bits per heavy atom. The summed E-state index contributed by atoms with van der Waals surface area (Å²) in [5.74, 6) is -0.231. The maximum atomic E-state index is 12.4. The number of carbonyl (C=O) groups excluding carboxylic acids is 1. The zero-order valence-corrected chi connectivity index (χ0v) is 16.3. The molecule has 0 spiro atoms. The van der Waals surface area contributed by atoms with Gasteiger partial charge in [-0.25, -0.2) is 4.79 Å². The summed E-state index contributed by atoms with van der Waals surface area (Å²) in [5.41, 5.74) is 1.98. The third-order valence-corrected chi connectivity index (χ3v) is 4.38. The second-order valence-electron chi connectivity index (χ2n) is 6.39. The molecule has 150 valence electrons. The van der Waals surface area contributed by atoms with Gasteiger partial charge in [-0.1, -0.05) is 6.07 Å². The van der Waals surface area contributed by atoms with Gasteiger partial charge in [0, 0.05) is 17.3 Å². The van der Waals surface area contributed by atoms with Crippen molar-refractivity contribution in [1.82, 2.24) is 0 Å². The van der Waals surface area contributed by atoms with Crippen LogP contribution in [0.4, 0.5) is 5.69 Å². The number of nitrogens with one attached hydrogen (secondary N) is 1. The van der Waals surface area contributed by atoms with Gasteiger partial charge in [0.1, 0.15) is 28.9 Å². The van der Waals surface area contributed by atoms with Crippen molar-refractivity contribution in [2.75, 3.05) is 12.4 Å². The molecule has 1 heterocycles. The summed E-state index contributed by atoms with van der Waals surface area (Å²) in [4.78, 5) is 23.6. The molecule has 0 bridgehead atoms. The minimum Gasteiger partial charge on any atom is -0.497 e. The first-order chi connectivity index (χ1) is 14.4. The summed E-state index contributed by atoms with van der Waals surface area (Å²) >= 11 is 0. The van der Waals surface area contributed by atoms with E-state index >= 15 is 0 Å². The standard InChI is InChI=1S/C23H18N2O5/c1-14-3-4-15(23(27)28)12-20(14)21-10-9-19(30-21)11-16(13-24)22(26)25-17-5-7-18(29-2)8-6-17/h3-12H,1-2H3,(H,25,26)(H,27,28)/b16-11-. The highest BCUT2D eigenvalue weighted by molar-refractivity contribution is 6.09. The van der Waals surface area contributed by atoms with Crippen molar-refractivity contribution in [3.8, 4) is 23.1 Å². The van der Waals surface area contributed by atoms with Crippen molar-refractivity contribution in [3.63, 3.8) is 0 Å². The number of amides is 1. The quantitative estimate of drug-likeness (QED) is 0.463. The number of hydrogen-bond acceptors (Lipinski definition) is 5. The number of ether oxygens (including phenoxy) is 1. The Labute approximate surface area is 172 Å². The van der Waals surface area contributed by atoms with Crippen LogP contribution in [0.15, 0.2) is 64.6 Å². The first-order valence-corrected chi connectivity index (χ1v) is 8.92. The van der Waals surface area contributed by atoms with E-state index in [1.165, 1.54) is 18.2 Å². The first-order valence-electron chi connectivity index (χ1n) is 8.92. The summed E-state index contributed by atoms with van der Waals surface area (Å²) in [6, 6.07) is 16.6. The SMILES string of the molecule is COc1ccc(NC(=O)/C(C#N)=C\c2ccc(-c3cc(C(=O)O)ccc3C)o2)cc1. The third-order valence-electron chi connectivity index (χ3n) is 4.38. The van der Waals surface area contributed by atoms with Crippen molar-refractivity contribution in [3.05, 3.63) is 77.1 Å². The zero-order valence-electron chi connectivity index (χ0n) is 16.3. The van der Waals surface area contributed by atoms with Crippen LogP contribution in [0.3, 0.4) is 0 Å². The predicted molar refractivity (Wildman–Crippen MR) is 111 cm³/mol. The van der Waals surface area contributed by atoms with Gasteiger partial charge in [0.15, 0.2) is 0 Å². The molecular weight excluding hydrogens is 384 g/mol. The van der Waals surface area contributed by atoms with E-state index in [-0.39, 0.29) is 11.1 Å². The summed E-state index contributed by atoms with van der Waals surface area (Å²) in [6.07, 6.45) is 1.33. The Kier molecular flexibility index (Phi) is 5.99. The Bertz CT molecular complexity index is 1170. The van der Waals surface area contributed by atoms with Crippen molar-refractivity contribution in [2.45, 2.75) is 6.92 Å². The molecule has 2 N–H and O–H groups in total. The molecule has 3 aromatic rings. The van der Waals surface area contributed by atoms with Crippen LogP contribution in [0, 0.1) is 18.3 Å². The summed E-state index contributed by atoms with van der Waals surface area (Å²) in [7, 11) is 1.54. The molecule has 0 saturated carbocycles. The maximum Gasteiger partial charge on any atom is 0.335 e. The highest BCUT2D eigenvalue weighted by Gasteiger charge is 2.14.